The molecule has 1 amide bonds. The maximum Gasteiger partial charge on any atom is 0.251 e. The minimum atomic E-state index is -1.16. The molecule has 1 aromatic carbocycles. The molecule has 5 atom stereocenters. The number of nitrogens with one attached hydrogen (secondary N) is 1. The van der Waals surface area contributed by atoms with Gasteiger partial charge >= 0.3 is 0 Å². The van der Waals surface area contributed by atoms with E-state index in [-0.39, 0.29) is 5.91 Å². The average Bonchev–Trinajstić information content (AvgIpc) is 3.07. The van der Waals surface area contributed by atoms with E-state index in [9.17, 15) is 15.0 Å². The highest BCUT2D eigenvalue weighted by Gasteiger charge is 2.56. The fraction of sp³-hybridized carbons (Fsp3) is 0.588. The van der Waals surface area contributed by atoms with E-state index in [4.69, 9.17) is 18.9 Å². The summed E-state index contributed by atoms with van der Waals surface area (Å²) in [6.45, 7) is 2.99. The van der Waals surface area contributed by atoms with Crippen LogP contribution >= 0.6 is 0 Å². The van der Waals surface area contributed by atoms with E-state index >= 15 is 0 Å². The maximum atomic E-state index is 12.6. The zero-order valence-corrected chi connectivity index (χ0v) is 14.3. The molecule has 8 heteroatoms. The number of ether oxygens (including phenoxy) is 4. The molecule has 0 saturated carbocycles. The van der Waals surface area contributed by atoms with Crippen LogP contribution in [-0.2, 0) is 14.2 Å². The lowest BCUT2D eigenvalue weighted by Gasteiger charge is -2.28. The van der Waals surface area contributed by atoms with Gasteiger partial charge < -0.3 is 34.5 Å². The number of hydrogen-bond donors (Lipinski definition) is 3. The number of carbonyl (C=O) groups excluding carboxylic acids is 1. The summed E-state index contributed by atoms with van der Waals surface area (Å²) < 4.78 is 22.2. The van der Waals surface area contributed by atoms with E-state index in [1.54, 1.807) is 45.2 Å². The van der Waals surface area contributed by atoms with Crippen molar-refractivity contribution in [3.63, 3.8) is 0 Å². The first-order chi connectivity index (χ1) is 11.8. The molecule has 0 aliphatic carbocycles. The van der Waals surface area contributed by atoms with Crippen molar-refractivity contribution < 1.29 is 34.0 Å². The first kappa shape index (κ1) is 18.1. The average molecular weight is 353 g/mol. The molecular weight excluding hydrogens is 330 g/mol. The molecule has 1 aromatic rings. The van der Waals surface area contributed by atoms with Crippen molar-refractivity contribution in [2.24, 2.45) is 0 Å². The van der Waals surface area contributed by atoms with Crippen molar-refractivity contribution in [1.29, 1.82) is 0 Å². The van der Waals surface area contributed by atoms with Gasteiger partial charge in [0.2, 0.25) is 0 Å². The van der Waals surface area contributed by atoms with Gasteiger partial charge in [-0.2, -0.15) is 0 Å². The van der Waals surface area contributed by atoms with Crippen LogP contribution < -0.4 is 10.1 Å². The number of hydrogen-bond acceptors (Lipinski definition) is 7. The normalized spacial score (nSPS) is 31.4. The van der Waals surface area contributed by atoms with E-state index in [0.717, 1.165) is 0 Å². The summed E-state index contributed by atoms with van der Waals surface area (Å²) in [5.41, 5.74) is 0.430. The molecular formula is C17H23NO7. The van der Waals surface area contributed by atoms with Crippen LogP contribution in [0.2, 0.25) is 0 Å². The molecule has 2 aliphatic heterocycles. The fourth-order valence-corrected chi connectivity index (χ4v) is 3.11. The van der Waals surface area contributed by atoms with Crippen molar-refractivity contribution in [3.8, 4) is 5.75 Å². The van der Waals surface area contributed by atoms with E-state index in [2.05, 4.69) is 5.32 Å². The Bertz CT molecular complexity index is 618. The minimum absolute atomic E-state index is 0.347. The van der Waals surface area contributed by atoms with Crippen molar-refractivity contribution in [3.05, 3.63) is 29.8 Å². The Hall–Kier alpha value is -1.71. The molecule has 0 bridgehead atoms. The standard InChI is InChI=1S/C17H23NO7/c1-17(2)24-14-12(13(11(20)8-19)23-16(14)25-17)18-15(21)9-4-6-10(22-3)7-5-9/h4-7,11-14,16,19-20H,8H2,1-3H3,(H,18,21)/t11-,12-,13-,14-,16-/m1/s1. The summed E-state index contributed by atoms with van der Waals surface area (Å²) in [5.74, 6) is -0.558. The van der Waals surface area contributed by atoms with Crippen LogP contribution in [0.15, 0.2) is 24.3 Å². The molecule has 2 heterocycles. The van der Waals surface area contributed by atoms with Gasteiger partial charge in [-0.05, 0) is 38.1 Å². The Morgan fingerprint density at radius 2 is 2.00 bits per heavy atom. The third-order valence-corrected chi connectivity index (χ3v) is 4.30. The summed E-state index contributed by atoms with van der Waals surface area (Å²) in [6.07, 6.45) is -3.30. The lowest BCUT2D eigenvalue weighted by Crippen LogP contribution is -2.52. The summed E-state index contributed by atoms with van der Waals surface area (Å²) in [7, 11) is 1.55. The lowest BCUT2D eigenvalue weighted by molar-refractivity contribution is -0.218. The number of methoxy groups -OCH3 is 1. The summed E-state index contributed by atoms with van der Waals surface area (Å²) >= 11 is 0. The summed E-state index contributed by atoms with van der Waals surface area (Å²) in [4.78, 5) is 12.6. The predicted octanol–water partition coefficient (Wildman–Crippen LogP) is 0.0232. The molecule has 25 heavy (non-hydrogen) atoms. The SMILES string of the molecule is COc1ccc(C(=O)N[C@H]2[C@H]3OC(C)(C)O[C@H]3O[C@@H]2[C@H](O)CO)cc1. The Kier molecular flexibility index (Phi) is 4.99. The Morgan fingerprint density at radius 3 is 2.60 bits per heavy atom. The molecule has 8 nitrogen and oxygen atoms in total. The number of amides is 1. The molecule has 0 unspecified atom stereocenters. The molecule has 0 aromatic heterocycles. The second kappa shape index (κ2) is 6.89. The van der Waals surface area contributed by atoms with Crippen LogP contribution in [0.25, 0.3) is 0 Å². The first-order valence-electron chi connectivity index (χ1n) is 8.09. The quantitative estimate of drug-likeness (QED) is 0.685. The minimum Gasteiger partial charge on any atom is -0.497 e. The molecule has 2 fully saturated rings. The van der Waals surface area contributed by atoms with Crippen molar-refractivity contribution in [2.45, 2.75) is 50.3 Å². The lowest BCUT2D eigenvalue weighted by atomic mass is 10.0. The highest BCUT2D eigenvalue weighted by Crippen LogP contribution is 2.38. The Labute approximate surface area is 145 Å². The van der Waals surface area contributed by atoms with Crippen molar-refractivity contribution in [1.82, 2.24) is 5.32 Å². The van der Waals surface area contributed by atoms with Gasteiger partial charge in [0, 0.05) is 5.56 Å². The van der Waals surface area contributed by atoms with E-state index < -0.39 is 43.0 Å². The van der Waals surface area contributed by atoms with Crippen LogP contribution in [-0.4, -0.2) is 66.3 Å². The highest BCUT2D eigenvalue weighted by atomic mass is 16.8. The van der Waals surface area contributed by atoms with Gasteiger partial charge in [0.05, 0.1) is 19.8 Å². The number of rotatable bonds is 5. The molecule has 3 N–H and O–H groups in total. The van der Waals surface area contributed by atoms with Crippen LogP contribution in [0, 0.1) is 0 Å². The number of fused-ring (bicyclic) bond motifs is 1. The Balaban J connectivity index is 1.77. The summed E-state index contributed by atoms with van der Waals surface area (Å²) in [6, 6.07) is 5.97. The molecule has 2 saturated heterocycles. The van der Waals surface area contributed by atoms with Gasteiger partial charge in [-0.1, -0.05) is 0 Å². The van der Waals surface area contributed by atoms with Gasteiger partial charge in [0.1, 0.15) is 24.1 Å². The van der Waals surface area contributed by atoms with E-state index in [0.29, 0.717) is 11.3 Å². The zero-order chi connectivity index (χ0) is 18.2. The summed E-state index contributed by atoms with van der Waals surface area (Å²) in [5, 5.41) is 22.1. The third kappa shape index (κ3) is 3.63. The maximum absolute atomic E-state index is 12.6. The monoisotopic (exact) mass is 353 g/mol. The first-order valence-corrected chi connectivity index (χ1v) is 8.09. The van der Waals surface area contributed by atoms with Gasteiger partial charge in [-0.3, -0.25) is 4.79 Å². The molecule has 3 rings (SSSR count). The highest BCUT2D eigenvalue weighted by molar-refractivity contribution is 5.94. The number of benzene rings is 1. The number of aliphatic hydroxyl groups excluding tert-OH is 2. The topological polar surface area (TPSA) is 106 Å². The molecule has 0 radical (unpaired) electrons. The van der Waals surface area contributed by atoms with E-state index in [1.807, 2.05) is 0 Å². The smallest absolute Gasteiger partial charge is 0.251 e. The molecule has 2 aliphatic rings. The largest absolute Gasteiger partial charge is 0.497 e. The van der Waals surface area contributed by atoms with Gasteiger partial charge in [-0.25, -0.2) is 0 Å². The van der Waals surface area contributed by atoms with Crippen LogP contribution in [0.4, 0.5) is 0 Å². The van der Waals surface area contributed by atoms with Crippen LogP contribution in [0.5, 0.6) is 5.75 Å². The predicted molar refractivity (Wildman–Crippen MR) is 86.0 cm³/mol. The molecule has 138 valence electrons. The molecule has 0 spiro atoms. The second-order valence-electron chi connectivity index (χ2n) is 6.55. The van der Waals surface area contributed by atoms with Gasteiger partial charge in [0.15, 0.2) is 12.1 Å². The van der Waals surface area contributed by atoms with Crippen LogP contribution in [0.3, 0.4) is 0 Å². The van der Waals surface area contributed by atoms with E-state index in [1.165, 1.54) is 0 Å². The third-order valence-electron chi connectivity index (χ3n) is 4.30. The van der Waals surface area contributed by atoms with Crippen molar-refractivity contribution in [2.75, 3.05) is 13.7 Å². The second-order valence-corrected chi connectivity index (χ2v) is 6.55. The fourth-order valence-electron chi connectivity index (χ4n) is 3.11. The number of carbonyl (C=O) groups is 1. The van der Waals surface area contributed by atoms with Crippen LogP contribution in [0.1, 0.15) is 24.2 Å². The number of aliphatic hydroxyl groups is 2. The Morgan fingerprint density at radius 1 is 1.32 bits per heavy atom. The zero-order valence-electron chi connectivity index (χ0n) is 14.3. The van der Waals surface area contributed by atoms with Gasteiger partial charge in [0.25, 0.3) is 5.91 Å². The van der Waals surface area contributed by atoms with Gasteiger partial charge in [-0.15, -0.1) is 0 Å². The van der Waals surface area contributed by atoms with Crippen molar-refractivity contribution >= 4 is 5.91 Å².